The average molecular weight is 346 g/mol. The number of aliphatic imine (C=N–C) groups is 2. The standard InChI is InChI=1S/C22H22N2S/c1-15-9-5-7-11-19(15)23-17(3)21-13-14-22(25-21)18(4)24-20-12-8-6-10-16(20)2/h5-14H,1-4H3/b23-17+,24-18+. The van der Waals surface area contributed by atoms with E-state index in [1.807, 2.05) is 24.3 Å². The first kappa shape index (κ1) is 17.3. The molecular formula is C22H22N2S. The van der Waals surface area contributed by atoms with Gasteiger partial charge in [0.1, 0.15) is 0 Å². The van der Waals surface area contributed by atoms with E-state index in [0.29, 0.717) is 0 Å². The predicted octanol–water partition coefficient (Wildman–Crippen LogP) is 6.65. The highest BCUT2D eigenvalue weighted by molar-refractivity contribution is 7.16. The molecule has 0 spiro atoms. The zero-order chi connectivity index (χ0) is 17.8. The van der Waals surface area contributed by atoms with Crippen LogP contribution in [-0.2, 0) is 0 Å². The Morgan fingerprint density at radius 3 is 1.44 bits per heavy atom. The zero-order valence-electron chi connectivity index (χ0n) is 15.1. The minimum absolute atomic E-state index is 1.03. The van der Waals surface area contributed by atoms with E-state index in [-0.39, 0.29) is 0 Å². The second-order valence-corrected chi connectivity index (χ2v) is 7.22. The maximum Gasteiger partial charge on any atom is 0.0662 e. The van der Waals surface area contributed by atoms with Gasteiger partial charge in [-0.1, -0.05) is 36.4 Å². The Labute approximate surface area is 153 Å². The van der Waals surface area contributed by atoms with Crippen molar-refractivity contribution in [3.63, 3.8) is 0 Å². The molecule has 0 radical (unpaired) electrons. The molecule has 3 rings (SSSR count). The summed E-state index contributed by atoms with van der Waals surface area (Å²) >= 11 is 1.74. The Morgan fingerprint density at radius 1 is 0.640 bits per heavy atom. The van der Waals surface area contributed by atoms with E-state index in [1.165, 1.54) is 20.9 Å². The van der Waals surface area contributed by atoms with Gasteiger partial charge >= 0.3 is 0 Å². The fourth-order valence-electron chi connectivity index (χ4n) is 2.58. The van der Waals surface area contributed by atoms with Gasteiger partial charge in [-0.05, 0) is 63.1 Å². The van der Waals surface area contributed by atoms with Crippen molar-refractivity contribution in [1.82, 2.24) is 0 Å². The summed E-state index contributed by atoms with van der Waals surface area (Å²) in [4.78, 5) is 11.9. The van der Waals surface area contributed by atoms with Crippen LogP contribution in [0.4, 0.5) is 11.4 Å². The van der Waals surface area contributed by atoms with Gasteiger partial charge in [0.25, 0.3) is 0 Å². The smallest absolute Gasteiger partial charge is 0.0662 e. The average Bonchev–Trinajstić information content (AvgIpc) is 3.09. The van der Waals surface area contributed by atoms with E-state index < -0.39 is 0 Å². The van der Waals surface area contributed by atoms with Gasteiger partial charge in [0, 0.05) is 9.75 Å². The summed E-state index contributed by atoms with van der Waals surface area (Å²) in [5.74, 6) is 0. The highest BCUT2D eigenvalue weighted by Crippen LogP contribution is 2.25. The highest BCUT2D eigenvalue weighted by Gasteiger charge is 2.07. The molecule has 0 atom stereocenters. The molecule has 25 heavy (non-hydrogen) atoms. The number of benzene rings is 2. The molecule has 0 aliphatic rings. The van der Waals surface area contributed by atoms with Gasteiger partial charge in [0.2, 0.25) is 0 Å². The molecule has 3 heteroatoms. The predicted molar refractivity (Wildman–Crippen MR) is 110 cm³/mol. The molecular weight excluding hydrogens is 324 g/mol. The third-order valence-corrected chi connectivity index (χ3v) is 5.43. The summed E-state index contributed by atoms with van der Waals surface area (Å²) < 4.78 is 0. The van der Waals surface area contributed by atoms with Crippen LogP contribution in [-0.4, -0.2) is 11.4 Å². The fraction of sp³-hybridized carbons (Fsp3) is 0.182. The molecule has 0 saturated carbocycles. The second kappa shape index (κ2) is 7.58. The largest absolute Gasteiger partial charge is 0.252 e. The third kappa shape index (κ3) is 4.12. The van der Waals surface area contributed by atoms with Crippen LogP contribution in [0, 0.1) is 13.8 Å². The van der Waals surface area contributed by atoms with Crippen molar-refractivity contribution in [2.45, 2.75) is 27.7 Å². The summed E-state index contributed by atoms with van der Waals surface area (Å²) in [6.45, 7) is 8.31. The molecule has 2 nitrogen and oxygen atoms in total. The van der Waals surface area contributed by atoms with Crippen LogP contribution < -0.4 is 0 Å². The molecule has 0 aliphatic heterocycles. The first-order valence-corrected chi connectivity index (χ1v) is 9.18. The van der Waals surface area contributed by atoms with Gasteiger partial charge in [0.15, 0.2) is 0 Å². The first-order valence-electron chi connectivity index (χ1n) is 8.37. The third-order valence-electron chi connectivity index (χ3n) is 4.13. The molecule has 126 valence electrons. The molecule has 0 unspecified atom stereocenters. The van der Waals surface area contributed by atoms with Crippen LogP contribution in [0.15, 0.2) is 70.6 Å². The quantitative estimate of drug-likeness (QED) is 0.473. The van der Waals surface area contributed by atoms with E-state index in [9.17, 15) is 0 Å². The maximum atomic E-state index is 4.79. The summed E-state index contributed by atoms with van der Waals surface area (Å²) in [5.41, 5.74) is 6.51. The topological polar surface area (TPSA) is 24.7 Å². The number of nitrogens with zero attached hydrogens (tertiary/aromatic N) is 2. The number of hydrogen-bond donors (Lipinski definition) is 0. The lowest BCUT2D eigenvalue weighted by Gasteiger charge is -2.02. The number of hydrogen-bond acceptors (Lipinski definition) is 3. The highest BCUT2D eigenvalue weighted by atomic mass is 32.1. The molecule has 0 N–H and O–H groups in total. The Morgan fingerprint density at radius 2 is 1.04 bits per heavy atom. The molecule has 3 aromatic rings. The summed E-state index contributed by atoms with van der Waals surface area (Å²) in [5, 5.41) is 0. The SMILES string of the molecule is C/C(=N\c1ccccc1C)c1ccc(/C(C)=N/c2ccccc2C)s1. The molecule has 0 aliphatic carbocycles. The van der Waals surface area contributed by atoms with Gasteiger partial charge in [0.05, 0.1) is 22.8 Å². The fourth-order valence-corrected chi connectivity index (χ4v) is 3.47. The van der Waals surface area contributed by atoms with Crippen LogP contribution in [0.2, 0.25) is 0 Å². The molecule has 1 aromatic heterocycles. The van der Waals surface area contributed by atoms with Crippen molar-refractivity contribution in [2.24, 2.45) is 9.98 Å². The van der Waals surface area contributed by atoms with Crippen LogP contribution in [0.25, 0.3) is 0 Å². The van der Waals surface area contributed by atoms with Gasteiger partial charge in [-0.25, -0.2) is 0 Å². The molecule has 0 fully saturated rings. The lowest BCUT2D eigenvalue weighted by atomic mass is 10.2. The van der Waals surface area contributed by atoms with Crippen LogP contribution in [0.3, 0.4) is 0 Å². The maximum absolute atomic E-state index is 4.79. The lowest BCUT2D eigenvalue weighted by Crippen LogP contribution is -1.91. The molecule has 1 heterocycles. The van der Waals surface area contributed by atoms with Gasteiger partial charge in [-0.15, -0.1) is 11.3 Å². The number of aryl methyl sites for hydroxylation is 2. The lowest BCUT2D eigenvalue weighted by molar-refractivity contribution is 1.39. The van der Waals surface area contributed by atoms with Gasteiger partial charge in [-0.3, -0.25) is 9.98 Å². The van der Waals surface area contributed by atoms with Gasteiger partial charge < -0.3 is 0 Å². The van der Waals surface area contributed by atoms with Crippen molar-refractivity contribution in [3.05, 3.63) is 81.5 Å². The Bertz CT molecular complexity index is 872. The summed E-state index contributed by atoms with van der Waals surface area (Å²) in [6, 6.07) is 20.7. The van der Waals surface area contributed by atoms with E-state index in [2.05, 4.69) is 64.1 Å². The van der Waals surface area contributed by atoms with E-state index in [4.69, 9.17) is 9.98 Å². The molecule has 2 aromatic carbocycles. The van der Waals surface area contributed by atoms with Gasteiger partial charge in [-0.2, -0.15) is 0 Å². The normalized spacial score (nSPS) is 12.5. The summed E-state index contributed by atoms with van der Waals surface area (Å²) in [6.07, 6.45) is 0. The van der Waals surface area contributed by atoms with Crippen molar-refractivity contribution in [3.8, 4) is 0 Å². The van der Waals surface area contributed by atoms with Crippen molar-refractivity contribution >= 4 is 34.1 Å². The minimum Gasteiger partial charge on any atom is -0.252 e. The Hall–Kier alpha value is -2.52. The zero-order valence-corrected chi connectivity index (χ0v) is 15.9. The molecule has 0 amide bonds. The molecule has 0 bridgehead atoms. The van der Waals surface area contributed by atoms with Crippen LogP contribution in [0.5, 0.6) is 0 Å². The summed E-state index contributed by atoms with van der Waals surface area (Å²) in [7, 11) is 0. The van der Waals surface area contributed by atoms with Crippen molar-refractivity contribution in [2.75, 3.05) is 0 Å². The monoisotopic (exact) mass is 346 g/mol. The first-order chi connectivity index (χ1) is 12.0. The second-order valence-electron chi connectivity index (χ2n) is 6.13. The van der Waals surface area contributed by atoms with E-state index in [1.54, 1.807) is 11.3 Å². The van der Waals surface area contributed by atoms with Crippen molar-refractivity contribution < 1.29 is 0 Å². The minimum atomic E-state index is 1.03. The number of para-hydroxylation sites is 2. The van der Waals surface area contributed by atoms with E-state index in [0.717, 1.165) is 22.8 Å². The Balaban J connectivity index is 1.87. The van der Waals surface area contributed by atoms with Crippen LogP contribution >= 0.6 is 11.3 Å². The number of rotatable bonds is 4. The molecule has 0 saturated heterocycles. The van der Waals surface area contributed by atoms with Crippen LogP contribution in [0.1, 0.15) is 34.7 Å². The Kier molecular flexibility index (Phi) is 5.25. The van der Waals surface area contributed by atoms with Crippen molar-refractivity contribution in [1.29, 1.82) is 0 Å². The number of thiophene rings is 1. The van der Waals surface area contributed by atoms with E-state index >= 15 is 0 Å².